The van der Waals surface area contributed by atoms with E-state index in [1.807, 2.05) is 30.3 Å². The fraction of sp³-hybridized carbons (Fsp3) is 0.429. The smallest absolute Gasteiger partial charge is 0.313 e. The van der Waals surface area contributed by atoms with Gasteiger partial charge in [0.15, 0.2) is 0 Å². The zero-order valence-electron chi connectivity index (χ0n) is 9.89. The quantitative estimate of drug-likeness (QED) is 0.578. The lowest BCUT2D eigenvalue weighted by molar-refractivity contribution is -0.145. The largest absolute Gasteiger partial charge is 0.466 e. The van der Waals surface area contributed by atoms with E-state index in [9.17, 15) is 9.59 Å². The minimum Gasteiger partial charge on any atom is -0.466 e. The maximum atomic E-state index is 11.8. The Labute approximate surface area is 101 Å². The molecule has 0 unspecified atom stereocenters. The number of ketones is 1. The second-order valence-electron chi connectivity index (χ2n) is 4.31. The van der Waals surface area contributed by atoms with Gasteiger partial charge in [0.1, 0.15) is 12.2 Å². The molecule has 1 fully saturated rings. The Morgan fingerprint density at radius 1 is 1.29 bits per heavy atom. The first-order valence-corrected chi connectivity index (χ1v) is 5.95. The molecular weight excluding hydrogens is 216 g/mol. The standard InChI is InChI=1S/C14H16O3/c1-2-17-14(16)9-13(15)12-8-11(12)10-6-4-3-5-7-10/h3-7,11-12H,2,8-9H2,1H3/t11-,12+/m0/s1. The van der Waals surface area contributed by atoms with Gasteiger partial charge in [0.2, 0.25) is 0 Å². The number of hydrogen-bond donors (Lipinski definition) is 0. The van der Waals surface area contributed by atoms with Crippen LogP contribution in [0.2, 0.25) is 0 Å². The van der Waals surface area contributed by atoms with Gasteiger partial charge in [-0.25, -0.2) is 0 Å². The van der Waals surface area contributed by atoms with Crippen molar-refractivity contribution in [3.8, 4) is 0 Å². The third kappa shape index (κ3) is 2.93. The molecule has 1 aromatic carbocycles. The van der Waals surface area contributed by atoms with Crippen molar-refractivity contribution in [1.82, 2.24) is 0 Å². The van der Waals surface area contributed by atoms with E-state index in [2.05, 4.69) is 0 Å². The predicted octanol–water partition coefficient (Wildman–Crippen LogP) is 2.31. The van der Waals surface area contributed by atoms with Gasteiger partial charge in [-0.3, -0.25) is 9.59 Å². The predicted molar refractivity (Wildman–Crippen MR) is 63.5 cm³/mol. The van der Waals surface area contributed by atoms with Crippen LogP contribution in [0.1, 0.15) is 31.2 Å². The molecule has 0 bridgehead atoms. The Morgan fingerprint density at radius 2 is 2.00 bits per heavy atom. The monoisotopic (exact) mass is 232 g/mol. The van der Waals surface area contributed by atoms with Crippen molar-refractivity contribution in [2.45, 2.75) is 25.7 Å². The Hall–Kier alpha value is -1.64. The molecule has 1 saturated carbocycles. The van der Waals surface area contributed by atoms with Crippen LogP contribution in [0, 0.1) is 5.92 Å². The van der Waals surface area contributed by atoms with E-state index in [0.29, 0.717) is 12.5 Å². The van der Waals surface area contributed by atoms with E-state index < -0.39 is 5.97 Å². The molecule has 0 aromatic heterocycles. The molecule has 0 aliphatic heterocycles. The number of hydrogen-bond acceptors (Lipinski definition) is 3. The van der Waals surface area contributed by atoms with Gasteiger partial charge in [0.25, 0.3) is 0 Å². The second-order valence-corrected chi connectivity index (χ2v) is 4.31. The molecule has 0 heterocycles. The third-order valence-corrected chi connectivity index (χ3v) is 3.06. The Balaban J connectivity index is 1.87. The molecule has 0 N–H and O–H groups in total. The molecule has 90 valence electrons. The highest BCUT2D eigenvalue weighted by Gasteiger charge is 2.43. The topological polar surface area (TPSA) is 43.4 Å². The minimum absolute atomic E-state index is 0.0114. The van der Waals surface area contributed by atoms with E-state index in [1.165, 1.54) is 5.56 Å². The summed E-state index contributed by atoms with van der Waals surface area (Å²) < 4.78 is 4.77. The molecule has 3 heteroatoms. The van der Waals surface area contributed by atoms with Gasteiger partial charge in [-0.2, -0.15) is 0 Å². The van der Waals surface area contributed by atoms with Crippen LogP contribution in [-0.4, -0.2) is 18.4 Å². The molecule has 0 spiro atoms. The molecule has 17 heavy (non-hydrogen) atoms. The number of benzene rings is 1. The van der Waals surface area contributed by atoms with Crippen molar-refractivity contribution in [2.24, 2.45) is 5.92 Å². The van der Waals surface area contributed by atoms with Crippen LogP contribution in [0.25, 0.3) is 0 Å². The van der Waals surface area contributed by atoms with Crippen molar-refractivity contribution < 1.29 is 14.3 Å². The number of rotatable bonds is 5. The SMILES string of the molecule is CCOC(=O)CC(=O)[C@@H]1C[C@H]1c1ccccc1. The zero-order valence-corrected chi connectivity index (χ0v) is 9.89. The summed E-state index contributed by atoms with van der Waals surface area (Å²) in [6.45, 7) is 2.07. The molecule has 1 aliphatic rings. The van der Waals surface area contributed by atoms with Crippen LogP contribution in [0.15, 0.2) is 30.3 Å². The van der Waals surface area contributed by atoms with Crippen LogP contribution in [0.5, 0.6) is 0 Å². The van der Waals surface area contributed by atoms with Gasteiger partial charge in [-0.05, 0) is 24.8 Å². The van der Waals surface area contributed by atoms with Gasteiger partial charge < -0.3 is 4.74 Å². The number of ether oxygens (including phenoxy) is 1. The summed E-state index contributed by atoms with van der Waals surface area (Å²) in [5.74, 6) is -0.0755. The van der Waals surface area contributed by atoms with Crippen molar-refractivity contribution in [3.05, 3.63) is 35.9 Å². The van der Waals surface area contributed by atoms with E-state index >= 15 is 0 Å². The fourth-order valence-electron chi connectivity index (χ4n) is 2.10. The van der Waals surface area contributed by atoms with E-state index in [-0.39, 0.29) is 18.1 Å². The van der Waals surface area contributed by atoms with Crippen LogP contribution >= 0.6 is 0 Å². The van der Waals surface area contributed by atoms with Crippen molar-refractivity contribution in [2.75, 3.05) is 6.61 Å². The molecule has 2 atom stereocenters. The van der Waals surface area contributed by atoms with Crippen LogP contribution in [0.3, 0.4) is 0 Å². The van der Waals surface area contributed by atoms with Gasteiger partial charge in [-0.15, -0.1) is 0 Å². The molecular formula is C14H16O3. The Kier molecular flexibility index (Phi) is 3.57. The highest BCUT2D eigenvalue weighted by molar-refractivity contribution is 5.98. The lowest BCUT2D eigenvalue weighted by Crippen LogP contribution is -2.13. The normalized spacial score (nSPS) is 21.9. The zero-order chi connectivity index (χ0) is 12.3. The number of Topliss-reactive ketones (excluding diaryl/α,β-unsaturated/α-hetero) is 1. The first-order valence-electron chi connectivity index (χ1n) is 5.95. The molecule has 0 radical (unpaired) electrons. The summed E-state index contributed by atoms with van der Waals surface area (Å²) in [5.41, 5.74) is 1.19. The molecule has 1 aliphatic carbocycles. The maximum Gasteiger partial charge on any atom is 0.313 e. The highest BCUT2D eigenvalue weighted by atomic mass is 16.5. The van der Waals surface area contributed by atoms with Crippen LogP contribution in [0.4, 0.5) is 0 Å². The van der Waals surface area contributed by atoms with Gasteiger partial charge >= 0.3 is 5.97 Å². The van der Waals surface area contributed by atoms with Crippen LogP contribution < -0.4 is 0 Å². The van der Waals surface area contributed by atoms with Gasteiger partial charge in [-0.1, -0.05) is 30.3 Å². The number of esters is 1. The molecule has 0 amide bonds. The fourth-order valence-corrected chi connectivity index (χ4v) is 2.10. The van der Waals surface area contributed by atoms with E-state index in [0.717, 1.165) is 6.42 Å². The summed E-state index contributed by atoms with van der Waals surface area (Å²) >= 11 is 0. The third-order valence-electron chi connectivity index (χ3n) is 3.06. The van der Waals surface area contributed by atoms with Crippen molar-refractivity contribution in [3.63, 3.8) is 0 Å². The lowest BCUT2D eigenvalue weighted by atomic mass is 10.1. The first kappa shape index (κ1) is 11.8. The lowest BCUT2D eigenvalue weighted by Gasteiger charge is -2.01. The average Bonchev–Trinajstić information content (AvgIpc) is 3.10. The van der Waals surface area contributed by atoms with Crippen molar-refractivity contribution >= 4 is 11.8 Å². The van der Waals surface area contributed by atoms with Crippen LogP contribution in [-0.2, 0) is 14.3 Å². The molecule has 0 saturated heterocycles. The summed E-state index contributed by atoms with van der Waals surface area (Å²) in [6, 6.07) is 9.97. The Bertz CT molecular complexity index is 411. The second kappa shape index (κ2) is 5.13. The molecule has 3 nitrogen and oxygen atoms in total. The summed E-state index contributed by atoms with van der Waals surface area (Å²) in [5, 5.41) is 0. The minimum atomic E-state index is -0.406. The summed E-state index contributed by atoms with van der Waals surface area (Å²) in [4.78, 5) is 23.0. The Morgan fingerprint density at radius 3 is 2.65 bits per heavy atom. The molecule has 1 aromatic rings. The van der Waals surface area contributed by atoms with E-state index in [4.69, 9.17) is 4.74 Å². The number of carbonyl (C=O) groups is 2. The van der Waals surface area contributed by atoms with Gasteiger partial charge in [0.05, 0.1) is 6.61 Å². The maximum absolute atomic E-state index is 11.8. The first-order chi connectivity index (χ1) is 8.22. The number of carbonyl (C=O) groups excluding carboxylic acids is 2. The highest BCUT2D eigenvalue weighted by Crippen LogP contribution is 2.48. The molecule has 2 rings (SSSR count). The van der Waals surface area contributed by atoms with Crippen molar-refractivity contribution in [1.29, 1.82) is 0 Å². The van der Waals surface area contributed by atoms with Gasteiger partial charge in [0, 0.05) is 5.92 Å². The van der Waals surface area contributed by atoms with E-state index in [1.54, 1.807) is 6.92 Å². The average molecular weight is 232 g/mol. The summed E-state index contributed by atoms with van der Waals surface area (Å²) in [7, 11) is 0. The summed E-state index contributed by atoms with van der Waals surface area (Å²) in [6.07, 6.45) is 0.782.